The van der Waals surface area contributed by atoms with Crippen LogP contribution >= 0.6 is 0 Å². The zero-order chi connectivity index (χ0) is 21.3. The first-order valence-electron chi connectivity index (χ1n) is 8.80. The molecule has 0 N–H and O–H groups in total. The molecular formula is C19H21N3O6S. The first-order valence-corrected chi connectivity index (χ1v) is 10.5. The smallest absolute Gasteiger partial charge is 0.316 e. The Kier molecular flexibility index (Phi) is 5.47. The van der Waals surface area contributed by atoms with E-state index in [0.717, 1.165) is 4.57 Å². The molecule has 1 aromatic carbocycles. The number of amides is 1. The van der Waals surface area contributed by atoms with E-state index in [2.05, 4.69) is 0 Å². The lowest BCUT2D eigenvalue weighted by Crippen LogP contribution is -2.39. The fraction of sp³-hybridized carbons (Fsp3) is 0.316. The number of sulfone groups is 1. The van der Waals surface area contributed by atoms with Crippen molar-refractivity contribution < 1.29 is 17.6 Å². The lowest BCUT2D eigenvalue weighted by atomic mass is 10.3. The molecule has 3 rings (SSSR count). The topological polar surface area (TPSA) is 112 Å². The maximum Gasteiger partial charge on any atom is 0.316 e. The number of hydrogen-bond donors (Lipinski definition) is 0. The molecule has 0 aliphatic heterocycles. The molecule has 0 saturated carbocycles. The normalized spacial score (nSPS) is 11.7. The maximum absolute atomic E-state index is 12.7. The lowest BCUT2D eigenvalue weighted by molar-refractivity contribution is -0.130. The maximum atomic E-state index is 12.7. The molecule has 0 spiro atoms. The van der Waals surface area contributed by atoms with Crippen LogP contribution in [0.2, 0.25) is 0 Å². The van der Waals surface area contributed by atoms with Gasteiger partial charge in [-0.1, -0.05) is 0 Å². The Balaban J connectivity index is 1.82. The van der Waals surface area contributed by atoms with Gasteiger partial charge in [-0.2, -0.15) is 0 Å². The number of aryl methyl sites for hydroxylation is 2. The van der Waals surface area contributed by atoms with E-state index in [-0.39, 0.29) is 29.5 Å². The van der Waals surface area contributed by atoms with Crippen LogP contribution in [0.1, 0.15) is 12.2 Å². The van der Waals surface area contributed by atoms with E-state index >= 15 is 0 Å². The first kappa shape index (κ1) is 20.6. The number of rotatable bonds is 6. The summed E-state index contributed by atoms with van der Waals surface area (Å²) < 4.78 is 32.9. The Labute approximate surface area is 166 Å². The van der Waals surface area contributed by atoms with E-state index in [1.54, 1.807) is 19.2 Å². The Bertz CT molecular complexity index is 1290. The SMILES string of the molecule is CN(Cc1ccco1)C(=O)CCS(=O)(=O)c1ccc2c(c1)n(C)c(=O)c(=O)n2C. The van der Waals surface area contributed by atoms with Crippen LogP contribution in [0, 0.1) is 0 Å². The molecule has 3 aromatic rings. The predicted molar refractivity (Wildman–Crippen MR) is 106 cm³/mol. The first-order chi connectivity index (χ1) is 13.6. The van der Waals surface area contributed by atoms with Crippen LogP contribution in [0.3, 0.4) is 0 Å². The summed E-state index contributed by atoms with van der Waals surface area (Å²) in [6, 6.07) is 7.64. The minimum atomic E-state index is -3.77. The number of aromatic nitrogens is 2. The molecule has 0 saturated heterocycles. The Morgan fingerprint density at radius 2 is 1.72 bits per heavy atom. The molecule has 2 heterocycles. The molecule has 0 unspecified atom stereocenters. The Morgan fingerprint density at radius 1 is 1.07 bits per heavy atom. The third-order valence-corrected chi connectivity index (χ3v) is 6.52. The summed E-state index contributed by atoms with van der Waals surface area (Å²) in [6.07, 6.45) is 1.31. The van der Waals surface area contributed by atoms with Gasteiger partial charge in [0.2, 0.25) is 5.91 Å². The van der Waals surface area contributed by atoms with Crippen molar-refractivity contribution in [2.45, 2.75) is 17.9 Å². The lowest BCUT2D eigenvalue weighted by Gasteiger charge is -2.16. The molecule has 0 aliphatic carbocycles. The van der Waals surface area contributed by atoms with Gasteiger partial charge in [0.1, 0.15) is 5.76 Å². The van der Waals surface area contributed by atoms with E-state index in [1.165, 1.54) is 48.0 Å². The van der Waals surface area contributed by atoms with Crippen molar-refractivity contribution in [3.63, 3.8) is 0 Å². The fourth-order valence-corrected chi connectivity index (χ4v) is 4.26. The van der Waals surface area contributed by atoms with Crippen molar-refractivity contribution >= 4 is 26.8 Å². The molecule has 0 radical (unpaired) electrons. The van der Waals surface area contributed by atoms with E-state index in [1.807, 2.05) is 0 Å². The van der Waals surface area contributed by atoms with Gasteiger partial charge in [0.05, 0.1) is 34.5 Å². The standard InChI is InChI=1S/C19H21N3O6S/c1-20(12-13-5-4-9-28-13)17(23)8-10-29(26,27)14-6-7-15-16(11-14)22(3)19(25)18(24)21(15)2/h4-7,9,11H,8,10,12H2,1-3H3. The minimum absolute atomic E-state index is 0.0138. The van der Waals surface area contributed by atoms with Gasteiger partial charge in [0, 0.05) is 27.6 Å². The number of hydrogen-bond acceptors (Lipinski definition) is 6. The largest absolute Gasteiger partial charge is 0.467 e. The van der Waals surface area contributed by atoms with Gasteiger partial charge in [0.25, 0.3) is 0 Å². The molecule has 10 heteroatoms. The highest BCUT2D eigenvalue weighted by atomic mass is 32.2. The number of nitrogens with zero attached hydrogens (tertiary/aromatic N) is 3. The predicted octanol–water partition coefficient (Wildman–Crippen LogP) is 0.653. The third-order valence-electron chi connectivity index (χ3n) is 4.80. The number of benzene rings is 1. The average molecular weight is 419 g/mol. The van der Waals surface area contributed by atoms with Crippen LogP contribution in [0.5, 0.6) is 0 Å². The summed E-state index contributed by atoms with van der Waals surface area (Å²) in [6.45, 7) is 0.248. The number of fused-ring (bicyclic) bond motifs is 1. The highest BCUT2D eigenvalue weighted by molar-refractivity contribution is 7.91. The molecule has 29 heavy (non-hydrogen) atoms. The summed E-state index contributed by atoms with van der Waals surface area (Å²) in [4.78, 5) is 37.6. The van der Waals surface area contributed by atoms with Crippen LogP contribution in [0.25, 0.3) is 11.0 Å². The Hall–Kier alpha value is -3.14. The quantitative estimate of drug-likeness (QED) is 0.543. The van der Waals surface area contributed by atoms with Crippen LogP contribution in [0.15, 0.2) is 55.5 Å². The van der Waals surface area contributed by atoms with Crippen LogP contribution < -0.4 is 11.1 Å². The molecule has 0 bridgehead atoms. The van der Waals surface area contributed by atoms with Gasteiger partial charge in [-0.05, 0) is 30.3 Å². The molecule has 154 valence electrons. The van der Waals surface area contributed by atoms with Crippen molar-refractivity contribution in [2.75, 3.05) is 12.8 Å². The second-order valence-corrected chi connectivity index (χ2v) is 8.89. The summed E-state index contributed by atoms with van der Waals surface area (Å²) in [5.41, 5.74) is -0.685. The van der Waals surface area contributed by atoms with E-state index < -0.39 is 21.0 Å². The van der Waals surface area contributed by atoms with Gasteiger partial charge in [-0.25, -0.2) is 8.42 Å². The van der Waals surface area contributed by atoms with Crippen LogP contribution in [0.4, 0.5) is 0 Å². The number of carbonyl (C=O) groups excluding carboxylic acids is 1. The van der Waals surface area contributed by atoms with Gasteiger partial charge in [-0.3, -0.25) is 14.4 Å². The van der Waals surface area contributed by atoms with Gasteiger partial charge >= 0.3 is 11.1 Å². The molecular weight excluding hydrogens is 398 g/mol. The van der Waals surface area contributed by atoms with Crippen LogP contribution in [-0.4, -0.2) is 41.2 Å². The third kappa shape index (κ3) is 4.02. The highest BCUT2D eigenvalue weighted by Gasteiger charge is 2.20. The highest BCUT2D eigenvalue weighted by Crippen LogP contribution is 2.19. The molecule has 9 nitrogen and oxygen atoms in total. The average Bonchev–Trinajstić information content (AvgIpc) is 3.21. The summed E-state index contributed by atoms with van der Waals surface area (Å²) >= 11 is 0. The van der Waals surface area contributed by atoms with Gasteiger partial charge in [-0.15, -0.1) is 0 Å². The summed E-state index contributed by atoms with van der Waals surface area (Å²) in [5.74, 6) is -0.107. The van der Waals surface area contributed by atoms with Crippen molar-refractivity contribution in [3.8, 4) is 0 Å². The molecule has 0 fully saturated rings. The van der Waals surface area contributed by atoms with Gasteiger partial charge in [0.15, 0.2) is 9.84 Å². The molecule has 2 aromatic heterocycles. The monoisotopic (exact) mass is 419 g/mol. The number of furan rings is 1. The number of carbonyl (C=O) groups is 1. The summed E-state index contributed by atoms with van der Waals surface area (Å²) in [7, 11) is 0.669. The zero-order valence-corrected chi connectivity index (χ0v) is 17.1. The zero-order valence-electron chi connectivity index (χ0n) is 16.3. The second-order valence-electron chi connectivity index (χ2n) is 6.78. The van der Waals surface area contributed by atoms with Crippen molar-refractivity contribution in [2.24, 2.45) is 14.1 Å². The second kappa shape index (κ2) is 7.70. The summed E-state index contributed by atoms with van der Waals surface area (Å²) in [5, 5.41) is 0. The molecule has 1 amide bonds. The van der Waals surface area contributed by atoms with Gasteiger partial charge < -0.3 is 18.5 Å². The van der Waals surface area contributed by atoms with E-state index in [9.17, 15) is 22.8 Å². The van der Waals surface area contributed by atoms with Crippen molar-refractivity contribution in [1.29, 1.82) is 0 Å². The van der Waals surface area contributed by atoms with E-state index in [4.69, 9.17) is 4.42 Å². The fourth-order valence-electron chi connectivity index (χ4n) is 3.01. The van der Waals surface area contributed by atoms with Crippen molar-refractivity contribution in [1.82, 2.24) is 14.0 Å². The van der Waals surface area contributed by atoms with Crippen LogP contribution in [-0.2, 0) is 35.3 Å². The minimum Gasteiger partial charge on any atom is -0.467 e. The molecule has 0 aliphatic rings. The van der Waals surface area contributed by atoms with Crippen molar-refractivity contribution in [3.05, 3.63) is 63.1 Å². The van der Waals surface area contributed by atoms with E-state index in [0.29, 0.717) is 16.8 Å². The Morgan fingerprint density at radius 3 is 2.34 bits per heavy atom. The molecule has 0 atom stereocenters.